The number of carbonyl (C=O) groups is 1. The number of nitrogens with one attached hydrogen (secondary N) is 2. The van der Waals surface area contributed by atoms with Crippen molar-refractivity contribution in [3.8, 4) is 11.3 Å². The first-order valence-corrected chi connectivity index (χ1v) is 10.5. The molecule has 0 aliphatic carbocycles. The smallest absolute Gasteiger partial charge is 0.257 e. The van der Waals surface area contributed by atoms with E-state index in [-0.39, 0.29) is 11.9 Å². The van der Waals surface area contributed by atoms with E-state index in [0.29, 0.717) is 22.1 Å². The summed E-state index contributed by atoms with van der Waals surface area (Å²) in [4.78, 5) is 25.6. The second-order valence-electron chi connectivity index (χ2n) is 7.50. The molecule has 0 bridgehead atoms. The second kappa shape index (κ2) is 9.58. The zero-order chi connectivity index (χ0) is 22.5. The lowest BCUT2D eigenvalue weighted by atomic mass is 10.1. The van der Waals surface area contributed by atoms with Crippen molar-refractivity contribution in [2.75, 3.05) is 10.6 Å². The van der Waals surface area contributed by atoms with Crippen molar-refractivity contribution in [2.45, 2.75) is 19.9 Å². The third kappa shape index (κ3) is 5.28. The average molecular weight is 444 g/mol. The fourth-order valence-electron chi connectivity index (χ4n) is 3.30. The van der Waals surface area contributed by atoms with Gasteiger partial charge >= 0.3 is 0 Å². The van der Waals surface area contributed by atoms with Crippen LogP contribution < -0.4 is 10.6 Å². The van der Waals surface area contributed by atoms with E-state index in [1.807, 2.05) is 68.4 Å². The number of hydrogen-bond acceptors (Lipinski definition) is 5. The van der Waals surface area contributed by atoms with Gasteiger partial charge in [0, 0.05) is 28.7 Å². The molecule has 2 aromatic heterocycles. The van der Waals surface area contributed by atoms with E-state index in [1.54, 1.807) is 24.8 Å². The number of rotatable bonds is 6. The van der Waals surface area contributed by atoms with Crippen molar-refractivity contribution in [1.29, 1.82) is 0 Å². The number of aryl methyl sites for hydroxylation is 1. The summed E-state index contributed by atoms with van der Waals surface area (Å²) >= 11 is 6.10. The van der Waals surface area contributed by atoms with E-state index < -0.39 is 0 Å². The Morgan fingerprint density at radius 2 is 1.78 bits per heavy atom. The van der Waals surface area contributed by atoms with E-state index >= 15 is 0 Å². The number of carbonyl (C=O) groups excluding carboxylic acids is 1. The number of halogens is 1. The van der Waals surface area contributed by atoms with Crippen molar-refractivity contribution >= 4 is 29.0 Å². The van der Waals surface area contributed by atoms with Gasteiger partial charge in [-0.2, -0.15) is 0 Å². The monoisotopic (exact) mass is 443 g/mol. The van der Waals surface area contributed by atoms with Gasteiger partial charge in [-0.3, -0.25) is 14.8 Å². The summed E-state index contributed by atoms with van der Waals surface area (Å²) in [5, 5.41) is 6.96. The molecule has 0 aliphatic heterocycles. The molecule has 0 saturated carbocycles. The van der Waals surface area contributed by atoms with E-state index in [4.69, 9.17) is 11.6 Å². The molecule has 0 unspecified atom stereocenters. The normalized spacial score (nSPS) is 11.6. The van der Waals surface area contributed by atoms with Gasteiger partial charge in [-0.15, -0.1) is 0 Å². The van der Waals surface area contributed by atoms with Gasteiger partial charge < -0.3 is 10.6 Å². The van der Waals surface area contributed by atoms with Gasteiger partial charge in [0.25, 0.3) is 5.91 Å². The minimum atomic E-state index is -0.195. The number of hydrogen-bond donors (Lipinski definition) is 2. The zero-order valence-electron chi connectivity index (χ0n) is 17.7. The SMILES string of the molecule is Cc1cncc(C(=O)Nc2cccc([C@H](C)Nc3cncc(-c4cccc(Cl)c4)n3)c2)c1. The van der Waals surface area contributed by atoms with Crippen LogP contribution in [0.2, 0.25) is 5.02 Å². The molecule has 32 heavy (non-hydrogen) atoms. The lowest BCUT2D eigenvalue weighted by Gasteiger charge is -2.16. The number of aromatic nitrogens is 3. The van der Waals surface area contributed by atoms with Gasteiger partial charge in [-0.25, -0.2) is 4.98 Å². The summed E-state index contributed by atoms with van der Waals surface area (Å²) in [6, 6.07) is 17.0. The first-order chi connectivity index (χ1) is 15.5. The Balaban J connectivity index is 1.48. The Morgan fingerprint density at radius 1 is 0.969 bits per heavy atom. The maximum absolute atomic E-state index is 12.5. The highest BCUT2D eigenvalue weighted by Gasteiger charge is 2.11. The second-order valence-corrected chi connectivity index (χ2v) is 7.93. The van der Waals surface area contributed by atoms with Crippen LogP contribution in [0.25, 0.3) is 11.3 Å². The quantitative estimate of drug-likeness (QED) is 0.386. The fourth-order valence-corrected chi connectivity index (χ4v) is 3.49. The molecular formula is C25H22ClN5O. The fraction of sp³-hybridized carbons (Fsp3) is 0.120. The minimum absolute atomic E-state index is 0.0589. The highest BCUT2D eigenvalue weighted by Crippen LogP contribution is 2.24. The molecule has 2 N–H and O–H groups in total. The van der Waals surface area contributed by atoms with Gasteiger partial charge in [0.1, 0.15) is 5.82 Å². The van der Waals surface area contributed by atoms with Crippen molar-refractivity contribution in [3.63, 3.8) is 0 Å². The molecule has 4 rings (SSSR count). The van der Waals surface area contributed by atoms with Crippen LogP contribution in [-0.2, 0) is 0 Å². The molecule has 1 atom stereocenters. The summed E-state index contributed by atoms with van der Waals surface area (Å²) in [6.45, 7) is 3.93. The van der Waals surface area contributed by atoms with Crippen LogP contribution in [0, 0.1) is 6.92 Å². The Morgan fingerprint density at radius 3 is 2.59 bits per heavy atom. The van der Waals surface area contributed by atoms with Crippen LogP contribution in [0.15, 0.2) is 79.4 Å². The molecule has 0 fully saturated rings. The third-order valence-electron chi connectivity index (χ3n) is 4.90. The van der Waals surface area contributed by atoms with Crippen LogP contribution >= 0.6 is 11.6 Å². The maximum Gasteiger partial charge on any atom is 0.257 e. The number of amides is 1. The van der Waals surface area contributed by atoms with Crippen LogP contribution in [0.5, 0.6) is 0 Å². The average Bonchev–Trinajstić information content (AvgIpc) is 2.79. The summed E-state index contributed by atoms with van der Waals surface area (Å²) in [5.41, 5.74) is 4.80. The lowest BCUT2D eigenvalue weighted by molar-refractivity contribution is 0.102. The number of anilines is 2. The van der Waals surface area contributed by atoms with Gasteiger partial charge in [0.15, 0.2) is 0 Å². The van der Waals surface area contributed by atoms with Crippen molar-refractivity contribution in [1.82, 2.24) is 15.0 Å². The lowest BCUT2D eigenvalue weighted by Crippen LogP contribution is -2.13. The summed E-state index contributed by atoms with van der Waals surface area (Å²) in [5.74, 6) is 0.453. The Labute approximate surface area is 191 Å². The molecule has 0 radical (unpaired) electrons. The molecule has 160 valence electrons. The number of nitrogens with zero attached hydrogens (tertiary/aromatic N) is 3. The Bertz CT molecular complexity index is 1260. The van der Waals surface area contributed by atoms with Gasteiger partial charge in [0.05, 0.1) is 29.7 Å². The minimum Gasteiger partial charge on any atom is -0.362 e. The van der Waals surface area contributed by atoms with E-state index in [1.165, 1.54) is 0 Å². The molecule has 2 aromatic carbocycles. The molecule has 7 heteroatoms. The van der Waals surface area contributed by atoms with E-state index in [2.05, 4.69) is 25.6 Å². The van der Waals surface area contributed by atoms with E-state index in [0.717, 1.165) is 22.4 Å². The number of pyridine rings is 1. The van der Waals surface area contributed by atoms with E-state index in [9.17, 15) is 4.79 Å². The highest BCUT2D eigenvalue weighted by molar-refractivity contribution is 6.30. The number of benzene rings is 2. The molecule has 2 heterocycles. The topological polar surface area (TPSA) is 79.8 Å². The third-order valence-corrected chi connectivity index (χ3v) is 5.14. The summed E-state index contributed by atoms with van der Waals surface area (Å²) in [7, 11) is 0. The highest BCUT2D eigenvalue weighted by atomic mass is 35.5. The molecule has 1 amide bonds. The largest absolute Gasteiger partial charge is 0.362 e. The predicted molar refractivity (Wildman–Crippen MR) is 128 cm³/mol. The Hall–Kier alpha value is -3.77. The predicted octanol–water partition coefficient (Wildman–Crippen LogP) is 5.93. The van der Waals surface area contributed by atoms with Gasteiger partial charge in [-0.1, -0.05) is 35.9 Å². The van der Waals surface area contributed by atoms with Crippen LogP contribution in [0.3, 0.4) is 0 Å². The maximum atomic E-state index is 12.5. The molecule has 0 spiro atoms. The van der Waals surface area contributed by atoms with Gasteiger partial charge in [0.2, 0.25) is 0 Å². The van der Waals surface area contributed by atoms with Crippen molar-refractivity contribution in [2.24, 2.45) is 0 Å². The molecule has 4 aromatic rings. The first kappa shape index (κ1) is 21.5. The molecule has 6 nitrogen and oxygen atoms in total. The van der Waals surface area contributed by atoms with Crippen molar-refractivity contribution < 1.29 is 4.79 Å². The van der Waals surface area contributed by atoms with Crippen molar-refractivity contribution in [3.05, 3.63) is 101 Å². The van der Waals surface area contributed by atoms with Crippen LogP contribution in [-0.4, -0.2) is 20.9 Å². The van der Waals surface area contributed by atoms with Gasteiger partial charge in [-0.05, 0) is 55.3 Å². The summed E-state index contributed by atoms with van der Waals surface area (Å²) in [6.07, 6.45) is 6.66. The Kier molecular flexibility index (Phi) is 6.42. The molecular weight excluding hydrogens is 422 g/mol. The molecule has 0 saturated heterocycles. The molecule has 0 aliphatic rings. The summed E-state index contributed by atoms with van der Waals surface area (Å²) < 4.78 is 0. The van der Waals surface area contributed by atoms with Crippen LogP contribution in [0.4, 0.5) is 11.5 Å². The standard InChI is InChI=1S/C25H22ClN5O/c1-16-9-20(13-27-12-16)25(32)30-22-8-4-5-18(11-22)17(2)29-24-15-28-14-23(31-24)19-6-3-7-21(26)10-19/h3-15,17H,1-2H3,(H,29,31)(H,30,32)/t17-/m0/s1. The van der Waals surface area contributed by atoms with Crippen LogP contribution in [0.1, 0.15) is 34.5 Å². The first-order valence-electron chi connectivity index (χ1n) is 10.2. The zero-order valence-corrected chi connectivity index (χ0v) is 18.5.